The lowest BCUT2D eigenvalue weighted by molar-refractivity contribution is 0.473. The van der Waals surface area contributed by atoms with Crippen LogP contribution in [0.5, 0.6) is 11.5 Å². The second kappa shape index (κ2) is 8.37. The van der Waals surface area contributed by atoms with Crippen molar-refractivity contribution in [3.05, 3.63) is 61.1 Å². The number of hydrogen-bond acceptors (Lipinski definition) is 6. The van der Waals surface area contributed by atoms with Gasteiger partial charge in [0, 0.05) is 26.3 Å². The average molecular weight is 557 g/mol. The second-order valence-corrected chi connectivity index (χ2v) is 8.26. The van der Waals surface area contributed by atoms with Crippen LogP contribution in [0.2, 0.25) is 0 Å². The molecule has 0 radical (unpaired) electrons. The summed E-state index contributed by atoms with van der Waals surface area (Å²) in [6.07, 6.45) is 1.49. The largest absolute Gasteiger partial charge is 0.507 e. The Kier molecular flexibility index (Phi) is 6.13. The van der Waals surface area contributed by atoms with Crippen LogP contribution in [0.15, 0.2) is 54.9 Å². The summed E-state index contributed by atoms with van der Waals surface area (Å²) in [4.78, 5) is 8.80. The number of anilines is 1. The summed E-state index contributed by atoms with van der Waals surface area (Å²) < 4.78 is 2.15. The van der Waals surface area contributed by atoms with Gasteiger partial charge in [0.2, 0.25) is 0 Å². The Morgan fingerprint density at radius 2 is 1.78 bits per heavy atom. The minimum atomic E-state index is 0.0531. The molecule has 1 aromatic heterocycles. The van der Waals surface area contributed by atoms with Gasteiger partial charge in [-0.3, -0.25) is 5.43 Å². The molecule has 0 saturated heterocycles. The third-order valence-electron chi connectivity index (χ3n) is 3.50. The van der Waals surface area contributed by atoms with Crippen LogP contribution in [0.1, 0.15) is 11.3 Å². The number of aromatic nitrogens is 2. The molecule has 0 atom stereocenters. The van der Waals surface area contributed by atoms with E-state index in [0.29, 0.717) is 32.9 Å². The molecule has 0 amide bonds. The van der Waals surface area contributed by atoms with Gasteiger partial charge in [-0.15, -0.1) is 0 Å². The van der Waals surface area contributed by atoms with Crippen molar-refractivity contribution in [2.45, 2.75) is 6.92 Å². The van der Waals surface area contributed by atoms with E-state index < -0.39 is 0 Å². The lowest BCUT2D eigenvalue weighted by atomic mass is 10.2. The predicted molar refractivity (Wildman–Crippen MR) is 116 cm³/mol. The highest BCUT2D eigenvalue weighted by Crippen LogP contribution is 2.37. The summed E-state index contributed by atoms with van der Waals surface area (Å²) in [5.41, 5.74) is 4.57. The Morgan fingerprint density at radius 3 is 2.56 bits per heavy atom. The van der Waals surface area contributed by atoms with Crippen molar-refractivity contribution in [2.24, 2.45) is 5.10 Å². The Bertz CT molecular complexity index is 1040. The Morgan fingerprint density at radius 1 is 1.00 bits per heavy atom. The van der Waals surface area contributed by atoms with Crippen LogP contribution in [0, 0.1) is 6.92 Å². The standard InChI is InChI=1S/C18H13Br3N4O2/c1-9-4-16(25-22-8-10-5-11(19)2-3-15(10)26)24-18(23-9)13-6-12(20)7-14(21)17(13)27/h2-8,26-27H,1H3,(H,23,24,25). The fraction of sp³-hybridized carbons (Fsp3) is 0.0556. The monoisotopic (exact) mass is 554 g/mol. The van der Waals surface area contributed by atoms with Crippen LogP contribution >= 0.6 is 47.8 Å². The topological polar surface area (TPSA) is 90.6 Å². The van der Waals surface area contributed by atoms with Gasteiger partial charge in [-0.25, -0.2) is 9.97 Å². The van der Waals surface area contributed by atoms with Crippen LogP contribution in [-0.4, -0.2) is 26.4 Å². The fourth-order valence-electron chi connectivity index (χ4n) is 2.28. The Balaban J connectivity index is 1.90. The van der Waals surface area contributed by atoms with Crippen molar-refractivity contribution in [3.63, 3.8) is 0 Å². The van der Waals surface area contributed by atoms with Crippen LogP contribution in [0.3, 0.4) is 0 Å². The minimum Gasteiger partial charge on any atom is -0.507 e. The molecule has 0 saturated carbocycles. The van der Waals surface area contributed by atoms with Crippen LogP contribution < -0.4 is 5.43 Å². The van der Waals surface area contributed by atoms with Gasteiger partial charge < -0.3 is 10.2 Å². The van der Waals surface area contributed by atoms with E-state index >= 15 is 0 Å². The van der Waals surface area contributed by atoms with Gasteiger partial charge in [-0.05, 0) is 53.2 Å². The lowest BCUT2D eigenvalue weighted by Gasteiger charge is -2.09. The maximum Gasteiger partial charge on any atom is 0.165 e. The Hall–Kier alpha value is -1.97. The summed E-state index contributed by atoms with van der Waals surface area (Å²) in [5, 5.41) is 24.3. The van der Waals surface area contributed by atoms with Crippen molar-refractivity contribution in [2.75, 3.05) is 5.43 Å². The zero-order valence-electron chi connectivity index (χ0n) is 13.9. The number of phenolic OH excluding ortho intramolecular Hbond substituents is 2. The molecule has 6 nitrogen and oxygen atoms in total. The second-order valence-electron chi connectivity index (χ2n) is 5.58. The summed E-state index contributed by atoms with van der Waals surface area (Å²) in [7, 11) is 0. The molecule has 0 aliphatic carbocycles. The number of hydrogen-bond donors (Lipinski definition) is 3. The van der Waals surface area contributed by atoms with E-state index in [-0.39, 0.29) is 11.5 Å². The van der Waals surface area contributed by atoms with Crippen LogP contribution in [0.4, 0.5) is 5.82 Å². The number of hydrazone groups is 1. The van der Waals surface area contributed by atoms with Crippen molar-refractivity contribution < 1.29 is 10.2 Å². The molecule has 0 aliphatic heterocycles. The molecule has 3 aromatic rings. The minimum absolute atomic E-state index is 0.0531. The van der Waals surface area contributed by atoms with Crippen molar-refractivity contribution >= 4 is 59.8 Å². The number of halogens is 3. The maximum atomic E-state index is 10.3. The molecular formula is C18H13Br3N4O2. The maximum absolute atomic E-state index is 10.3. The van der Waals surface area contributed by atoms with E-state index in [2.05, 4.69) is 68.3 Å². The first-order valence-electron chi connectivity index (χ1n) is 7.65. The molecule has 0 spiro atoms. The zero-order chi connectivity index (χ0) is 19.6. The third-order valence-corrected chi connectivity index (χ3v) is 5.05. The van der Waals surface area contributed by atoms with E-state index in [4.69, 9.17) is 0 Å². The number of phenols is 2. The number of aromatic hydroxyl groups is 2. The molecule has 3 N–H and O–H groups in total. The molecule has 0 aliphatic rings. The van der Waals surface area contributed by atoms with Gasteiger partial charge in [-0.2, -0.15) is 5.10 Å². The number of aryl methyl sites for hydroxylation is 1. The fourth-order valence-corrected chi connectivity index (χ4v) is 3.88. The normalized spacial score (nSPS) is 11.1. The first-order chi connectivity index (χ1) is 12.8. The molecular weight excluding hydrogens is 544 g/mol. The smallest absolute Gasteiger partial charge is 0.165 e. The molecule has 3 rings (SSSR count). The molecule has 1 heterocycles. The molecule has 0 unspecified atom stereocenters. The lowest BCUT2D eigenvalue weighted by Crippen LogP contribution is -1.99. The molecule has 138 valence electrons. The molecule has 0 fully saturated rings. The molecule has 27 heavy (non-hydrogen) atoms. The summed E-state index contributed by atoms with van der Waals surface area (Å²) >= 11 is 10.1. The van der Waals surface area contributed by atoms with Gasteiger partial charge in [-0.1, -0.05) is 31.9 Å². The number of nitrogens with zero attached hydrogens (tertiary/aromatic N) is 3. The van der Waals surface area contributed by atoms with Crippen molar-refractivity contribution in [1.29, 1.82) is 0 Å². The molecule has 2 aromatic carbocycles. The van der Waals surface area contributed by atoms with Gasteiger partial charge in [0.1, 0.15) is 11.5 Å². The molecule has 0 bridgehead atoms. The van der Waals surface area contributed by atoms with Gasteiger partial charge in [0.15, 0.2) is 11.6 Å². The molecule has 9 heteroatoms. The highest BCUT2D eigenvalue weighted by atomic mass is 79.9. The first kappa shape index (κ1) is 19.8. The van der Waals surface area contributed by atoms with Crippen molar-refractivity contribution in [3.8, 4) is 22.9 Å². The average Bonchev–Trinajstić information content (AvgIpc) is 2.60. The van der Waals surface area contributed by atoms with Gasteiger partial charge in [0.25, 0.3) is 0 Å². The summed E-state index contributed by atoms with van der Waals surface area (Å²) in [6.45, 7) is 1.82. The van der Waals surface area contributed by atoms with Crippen LogP contribution in [-0.2, 0) is 0 Å². The number of benzene rings is 2. The van der Waals surface area contributed by atoms with Crippen molar-refractivity contribution in [1.82, 2.24) is 9.97 Å². The zero-order valence-corrected chi connectivity index (χ0v) is 18.7. The SMILES string of the molecule is Cc1cc(NN=Cc2cc(Br)ccc2O)nc(-c2cc(Br)cc(Br)c2O)n1. The van der Waals surface area contributed by atoms with E-state index in [1.807, 2.05) is 6.92 Å². The van der Waals surface area contributed by atoms with Gasteiger partial charge >= 0.3 is 0 Å². The quantitative estimate of drug-likeness (QED) is 0.288. The Labute approximate surface area is 180 Å². The first-order valence-corrected chi connectivity index (χ1v) is 10.0. The van der Waals surface area contributed by atoms with Crippen LogP contribution in [0.25, 0.3) is 11.4 Å². The predicted octanol–water partition coefficient (Wildman–Crippen LogP) is 5.60. The summed E-state index contributed by atoms with van der Waals surface area (Å²) in [6, 6.07) is 10.3. The van der Waals surface area contributed by atoms with E-state index in [9.17, 15) is 10.2 Å². The van der Waals surface area contributed by atoms with E-state index in [1.54, 1.807) is 36.4 Å². The van der Waals surface area contributed by atoms with E-state index in [0.717, 1.165) is 8.95 Å². The van der Waals surface area contributed by atoms with Gasteiger partial charge in [0.05, 0.1) is 16.3 Å². The van der Waals surface area contributed by atoms with E-state index in [1.165, 1.54) is 6.21 Å². The number of nitrogens with one attached hydrogen (secondary N) is 1. The third kappa shape index (κ3) is 4.85. The highest BCUT2D eigenvalue weighted by molar-refractivity contribution is 9.11. The number of rotatable bonds is 4. The summed E-state index contributed by atoms with van der Waals surface area (Å²) in [5.74, 6) is 0.987. The highest BCUT2D eigenvalue weighted by Gasteiger charge is 2.13.